The van der Waals surface area contributed by atoms with Crippen molar-refractivity contribution in [2.24, 2.45) is 0 Å². The normalized spacial score (nSPS) is 19.9. The predicted molar refractivity (Wildman–Crippen MR) is 69.9 cm³/mol. The molecule has 0 saturated carbocycles. The first-order chi connectivity index (χ1) is 7.25. The summed E-state index contributed by atoms with van der Waals surface area (Å²) in [5.74, 6) is -0.0133. The zero-order valence-electron chi connectivity index (χ0n) is 8.66. The molecule has 0 aliphatic carbocycles. The van der Waals surface area contributed by atoms with Gasteiger partial charge >= 0.3 is 0 Å². The van der Waals surface area contributed by atoms with Crippen LogP contribution in [0.1, 0.15) is 22.5 Å². The number of piperidine rings is 1. The van der Waals surface area contributed by atoms with Gasteiger partial charge in [0.2, 0.25) is 0 Å². The molecule has 0 bridgehead atoms. The predicted octanol–water partition coefficient (Wildman–Crippen LogP) is 2.31. The lowest BCUT2D eigenvalue weighted by Gasteiger charge is -2.23. The van der Waals surface area contributed by atoms with Crippen LogP contribution in [0.15, 0.2) is 12.1 Å². The summed E-state index contributed by atoms with van der Waals surface area (Å²) >= 11 is 7.09. The van der Waals surface area contributed by atoms with E-state index in [1.54, 1.807) is 12.1 Å². The smallest absolute Gasteiger partial charge is 0.261 e. The Kier molecular flexibility index (Phi) is 5.55. The number of nitrogens with one attached hydrogen (secondary N) is 2. The average molecular weight is 281 g/mol. The van der Waals surface area contributed by atoms with Crippen LogP contribution >= 0.6 is 35.3 Å². The Morgan fingerprint density at radius 3 is 2.94 bits per heavy atom. The summed E-state index contributed by atoms with van der Waals surface area (Å²) in [5.41, 5.74) is 0. The minimum Gasteiger partial charge on any atom is -0.347 e. The van der Waals surface area contributed by atoms with Gasteiger partial charge in [0.15, 0.2) is 0 Å². The molecule has 0 spiro atoms. The first-order valence-corrected chi connectivity index (χ1v) is 6.22. The Morgan fingerprint density at radius 2 is 2.38 bits per heavy atom. The first kappa shape index (κ1) is 13.8. The van der Waals surface area contributed by atoms with Gasteiger partial charge in [0, 0.05) is 12.6 Å². The van der Waals surface area contributed by atoms with E-state index in [1.807, 2.05) is 0 Å². The Balaban J connectivity index is 0.00000128. The van der Waals surface area contributed by atoms with Crippen LogP contribution in [0, 0.1) is 0 Å². The summed E-state index contributed by atoms with van der Waals surface area (Å²) < 4.78 is 0.655. The number of rotatable bonds is 2. The average Bonchev–Trinajstić information content (AvgIpc) is 2.66. The Morgan fingerprint density at radius 1 is 1.56 bits per heavy atom. The van der Waals surface area contributed by atoms with Gasteiger partial charge < -0.3 is 10.6 Å². The summed E-state index contributed by atoms with van der Waals surface area (Å²) in [6, 6.07) is 3.77. The highest BCUT2D eigenvalue weighted by Gasteiger charge is 2.17. The molecular weight excluding hydrogens is 267 g/mol. The van der Waals surface area contributed by atoms with Crippen molar-refractivity contribution in [3.63, 3.8) is 0 Å². The number of halogens is 2. The van der Waals surface area contributed by atoms with Crippen molar-refractivity contribution in [3.8, 4) is 0 Å². The van der Waals surface area contributed by atoms with E-state index in [1.165, 1.54) is 11.3 Å². The van der Waals surface area contributed by atoms with Gasteiger partial charge in [-0.1, -0.05) is 11.6 Å². The molecule has 1 fully saturated rings. The van der Waals surface area contributed by atoms with Gasteiger partial charge in [0.25, 0.3) is 5.91 Å². The summed E-state index contributed by atoms with van der Waals surface area (Å²) in [5, 5.41) is 6.26. The number of hydrogen-bond acceptors (Lipinski definition) is 3. The highest BCUT2D eigenvalue weighted by Crippen LogP contribution is 2.21. The zero-order chi connectivity index (χ0) is 10.7. The monoisotopic (exact) mass is 280 g/mol. The standard InChI is InChI=1S/C10H13ClN2OS.ClH/c11-9-4-3-8(15-9)10(14)13-7-2-1-5-12-6-7;/h3-4,7,12H,1-2,5-6H2,(H,13,14);1H. The van der Waals surface area contributed by atoms with E-state index in [-0.39, 0.29) is 24.4 Å². The molecule has 1 atom stereocenters. The Bertz CT molecular complexity index is 350. The van der Waals surface area contributed by atoms with Crippen LogP contribution in [0.2, 0.25) is 4.34 Å². The molecule has 1 aliphatic heterocycles. The van der Waals surface area contributed by atoms with Gasteiger partial charge in [-0.3, -0.25) is 4.79 Å². The fraction of sp³-hybridized carbons (Fsp3) is 0.500. The second kappa shape index (κ2) is 6.45. The molecular formula is C10H14Cl2N2OS. The molecule has 16 heavy (non-hydrogen) atoms. The van der Waals surface area contributed by atoms with Crippen LogP contribution < -0.4 is 10.6 Å². The van der Waals surface area contributed by atoms with Gasteiger partial charge in [-0.25, -0.2) is 0 Å². The van der Waals surface area contributed by atoms with Crippen LogP contribution in [-0.4, -0.2) is 25.0 Å². The van der Waals surface area contributed by atoms with Gasteiger partial charge in [-0.05, 0) is 31.5 Å². The van der Waals surface area contributed by atoms with E-state index in [2.05, 4.69) is 10.6 Å². The number of carbonyl (C=O) groups excluding carboxylic acids is 1. The molecule has 2 rings (SSSR count). The molecule has 1 aromatic heterocycles. The van der Waals surface area contributed by atoms with Crippen molar-refractivity contribution in [2.45, 2.75) is 18.9 Å². The van der Waals surface area contributed by atoms with E-state index in [0.717, 1.165) is 25.9 Å². The van der Waals surface area contributed by atoms with Crippen molar-refractivity contribution >= 4 is 41.3 Å². The summed E-state index contributed by atoms with van der Waals surface area (Å²) in [6.07, 6.45) is 2.17. The zero-order valence-corrected chi connectivity index (χ0v) is 11.1. The Labute approximate surface area is 110 Å². The molecule has 1 unspecified atom stereocenters. The van der Waals surface area contributed by atoms with E-state index in [0.29, 0.717) is 9.21 Å². The van der Waals surface area contributed by atoms with Gasteiger partial charge in [0.1, 0.15) is 0 Å². The van der Waals surface area contributed by atoms with Crippen LogP contribution in [0.3, 0.4) is 0 Å². The maximum atomic E-state index is 11.7. The molecule has 0 radical (unpaired) electrons. The lowest BCUT2D eigenvalue weighted by atomic mass is 10.1. The number of amides is 1. The number of carbonyl (C=O) groups is 1. The number of hydrogen-bond donors (Lipinski definition) is 2. The summed E-state index contributed by atoms with van der Waals surface area (Å²) in [4.78, 5) is 12.4. The fourth-order valence-corrected chi connectivity index (χ4v) is 2.61. The van der Waals surface area contributed by atoms with Crippen molar-refractivity contribution < 1.29 is 4.79 Å². The maximum Gasteiger partial charge on any atom is 0.261 e. The summed E-state index contributed by atoms with van der Waals surface area (Å²) in [7, 11) is 0. The van der Waals surface area contributed by atoms with E-state index in [9.17, 15) is 4.79 Å². The second-order valence-electron chi connectivity index (χ2n) is 3.62. The van der Waals surface area contributed by atoms with Crippen LogP contribution in [-0.2, 0) is 0 Å². The fourth-order valence-electron chi connectivity index (χ4n) is 1.67. The first-order valence-electron chi connectivity index (χ1n) is 5.02. The maximum absolute atomic E-state index is 11.7. The minimum absolute atomic E-state index is 0. The highest BCUT2D eigenvalue weighted by molar-refractivity contribution is 7.17. The van der Waals surface area contributed by atoms with Gasteiger partial charge in [0.05, 0.1) is 9.21 Å². The third-order valence-electron chi connectivity index (χ3n) is 2.43. The van der Waals surface area contributed by atoms with Crippen LogP contribution in [0.4, 0.5) is 0 Å². The molecule has 1 amide bonds. The molecule has 1 saturated heterocycles. The highest BCUT2D eigenvalue weighted by atomic mass is 35.5. The lowest BCUT2D eigenvalue weighted by Crippen LogP contribution is -2.45. The molecule has 0 aromatic carbocycles. The molecule has 2 heterocycles. The second-order valence-corrected chi connectivity index (χ2v) is 5.34. The molecule has 90 valence electrons. The lowest BCUT2D eigenvalue weighted by molar-refractivity contribution is 0.0935. The van der Waals surface area contributed by atoms with Crippen molar-refractivity contribution in [2.75, 3.05) is 13.1 Å². The number of thiophene rings is 1. The van der Waals surface area contributed by atoms with Crippen molar-refractivity contribution in [1.82, 2.24) is 10.6 Å². The van der Waals surface area contributed by atoms with Crippen LogP contribution in [0.25, 0.3) is 0 Å². The van der Waals surface area contributed by atoms with Crippen molar-refractivity contribution in [1.29, 1.82) is 0 Å². The molecule has 3 nitrogen and oxygen atoms in total. The van der Waals surface area contributed by atoms with E-state index in [4.69, 9.17) is 11.6 Å². The summed E-state index contributed by atoms with van der Waals surface area (Å²) in [6.45, 7) is 1.92. The Hall–Kier alpha value is -0.290. The molecule has 6 heteroatoms. The van der Waals surface area contributed by atoms with Gasteiger partial charge in [-0.15, -0.1) is 23.7 Å². The van der Waals surface area contributed by atoms with E-state index < -0.39 is 0 Å². The minimum atomic E-state index is -0.0133. The van der Waals surface area contributed by atoms with Crippen LogP contribution in [0.5, 0.6) is 0 Å². The molecule has 2 N–H and O–H groups in total. The topological polar surface area (TPSA) is 41.1 Å². The quantitative estimate of drug-likeness (QED) is 0.873. The van der Waals surface area contributed by atoms with Gasteiger partial charge in [-0.2, -0.15) is 0 Å². The van der Waals surface area contributed by atoms with E-state index >= 15 is 0 Å². The largest absolute Gasteiger partial charge is 0.347 e. The third-order valence-corrected chi connectivity index (χ3v) is 3.66. The third kappa shape index (κ3) is 3.63. The molecule has 1 aliphatic rings. The SMILES string of the molecule is Cl.O=C(NC1CCCNC1)c1ccc(Cl)s1. The molecule has 1 aromatic rings. The van der Waals surface area contributed by atoms with Crippen molar-refractivity contribution in [3.05, 3.63) is 21.3 Å².